The molecule has 2 aromatic carbocycles. The van der Waals surface area contributed by atoms with Crippen LogP contribution in [0.5, 0.6) is 5.75 Å². The van der Waals surface area contributed by atoms with E-state index in [0.29, 0.717) is 62.7 Å². The van der Waals surface area contributed by atoms with Crippen LogP contribution in [0, 0.1) is 12.3 Å². The molecule has 0 bridgehead atoms. The van der Waals surface area contributed by atoms with Crippen LogP contribution < -0.4 is 21.3 Å². The van der Waals surface area contributed by atoms with Crippen molar-refractivity contribution >= 4 is 46.5 Å². The molecular weight excluding hydrogens is 931 g/mol. The monoisotopic (exact) mass is 1010 g/mol. The fraction of sp³-hybridized carbons (Fsp3) is 0.582. The smallest absolute Gasteiger partial charge is 0.246 e. The number of nitrogen functional groups attached to an aromatic ring is 1. The number of morpholine rings is 1. The number of aliphatic hydroxyl groups is 1. The summed E-state index contributed by atoms with van der Waals surface area (Å²) in [6.45, 7) is 12.8. The number of benzene rings is 2. The van der Waals surface area contributed by atoms with Crippen molar-refractivity contribution in [1.82, 2.24) is 35.6 Å². The Kier molecular flexibility index (Phi) is 18.7. The molecule has 0 aliphatic carbocycles. The minimum absolute atomic E-state index is 0.0312. The number of likely N-dealkylation sites (tertiary alicyclic amines) is 1. The van der Waals surface area contributed by atoms with Gasteiger partial charge in [0.25, 0.3) is 0 Å². The molecule has 3 aliphatic heterocycles. The second kappa shape index (κ2) is 24.9. The number of aromatic hydroxyl groups is 1. The van der Waals surface area contributed by atoms with Gasteiger partial charge in [0.2, 0.25) is 23.6 Å². The summed E-state index contributed by atoms with van der Waals surface area (Å²) in [6.07, 6.45) is 11.9. The number of phenolic OH excluding ortho intramolecular Hbond substituents is 1. The van der Waals surface area contributed by atoms with Gasteiger partial charge in [-0.15, -0.1) is 21.5 Å². The zero-order valence-electron chi connectivity index (χ0n) is 43.0. The zero-order valence-corrected chi connectivity index (χ0v) is 43.9. The molecule has 4 amide bonds. The highest BCUT2D eigenvalue weighted by atomic mass is 32.1. The van der Waals surface area contributed by atoms with Crippen LogP contribution in [0.25, 0.3) is 21.7 Å². The molecule has 16 nitrogen and oxygen atoms in total. The van der Waals surface area contributed by atoms with Crippen molar-refractivity contribution in [2.75, 3.05) is 50.0 Å². The number of anilines is 2. The Bertz CT molecular complexity index is 2450. The fourth-order valence-electron chi connectivity index (χ4n) is 10.4. The fourth-order valence-corrected chi connectivity index (χ4v) is 11.2. The number of para-hydroxylation sites is 1. The molecule has 17 heteroatoms. The first-order chi connectivity index (χ1) is 34.5. The van der Waals surface area contributed by atoms with E-state index >= 15 is 0 Å². The third-order valence-corrected chi connectivity index (χ3v) is 15.7. The number of rotatable bonds is 21. The number of nitrogens with two attached hydrogens (primary N) is 1. The largest absolute Gasteiger partial charge is 0.507 e. The van der Waals surface area contributed by atoms with Crippen LogP contribution in [-0.2, 0) is 23.9 Å². The van der Waals surface area contributed by atoms with Crippen LogP contribution in [0.4, 0.5) is 11.5 Å². The lowest BCUT2D eigenvalue weighted by atomic mass is 9.85. The van der Waals surface area contributed by atoms with E-state index in [1.807, 2.05) is 81.4 Å². The molecule has 4 aromatic rings. The summed E-state index contributed by atoms with van der Waals surface area (Å²) in [5.74, 6) is -0.186. The van der Waals surface area contributed by atoms with Crippen molar-refractivity contribution in [3.05, 3.63) is 71.4 Å². The molecular formula is C55H77N9O7S. The van der Waals surface area contributed by atoms with Gasteiger partial charge in [-0.25, -0.2) is 4.98 Å². The molecule has 0 radical (unpaired) electrons. The highest BCUT2D eigenvalue weighted by Gasteiger charge is 2.45. The predicted molar refractivity (Wildman–Crippen MR) is 282 cm³/mol. The normalized spacial score (nSPS) is 18.8. The number of phenols is 1. The van der Waals surface area contributed by atoms with Gasteiger partial charge >= 0.3 is 0 Å². The second-order valence-electron chi connectivity index (χ2n) is 21.3. The summed E-state index contributed by atoms with van der Waals surface area (Å²) in [7, 11) is 0. The summed E-state index contributed by atoms with van der Waals surface area (Å²) in [5, 5.41) is 35.5. The summed E-state index contributed by atoms with van der Waals surface area (Å²) < 4.78 is 6.36. The van der Waals surface area contributed by atoms with Gasteiger partial charge < -0.3 is 46.0 Å². The maximum Gasteiger partial charge on any atom is 0.246 e. The van der Waals surface area contributed by atoms with Gasteiger partial charge in [0, 0.05) is 57.5 Å². The molecule has 4 atom stereocenters. The van der Waals surface area contributed by atoms with E-state index < -0.39 is 23.6 Å². The number of carbonyl (C=O) groups is 4. The first-order valence-electron chi connectivity index (χ1n) is 26.2. The van der Waals surface area contributed by atoms with E-state index in [4.69, 9.17) is 10.5 Å². The Morgan fingerprint density at radius 1 is 0.889 bits per heavy atom. The van der Waals surface area contributed by atoms with Gasteiger partial charge in [-0.05, 0) is 74.3 Å². The number of piperidine rings is 1. The number of aryl methyl sites for hydroxylation is 1. The molecule has 2 aromatic heterocycles. The van der Waals surface area contributed by atoms with Crippen LogP contribution in [0.1, 0.15) is 141 Å². The van der Waals surface area contributed by atoms with Crippen molar-refractivity contribution in [1.29, 1.82) is 0 Å². The maximum absolute atomic E-state index is 14.1. The third-order valence-electron chi connectivity index (χ3n) is 14.7. The van der Waals surface area contributed by atoms with E-state index in [9.17, 15) is 29.4 Å². The van der Waals surface area contributed by atoms with Crippen LogP contribution >= 0.6 is 11.3 Å². The highest BCUT2D eigenvalue weighted by molar-refractivity contribution is 7.13. The van der Waals surface area contributed by atoms with Gasteiger partial charge in [-0.1, -0.05) is 109 Å². The van der Waals surface area contributed by atoms with Gasteiger partial charge in [-0.2, -0.15) is 0 Å². The third kappa shape index (κ3) is 14.1. The lowest BCUT2D eigenvalue weighted by Crippen LogP contribution is -2.58. The Hall–Kier alpha value is -5.65. The van der Waals surface area contributed by atoms with Gasteiger partial charge in [0.15, 0.2) is 5.82 Å². The minimum atomic E-state index is -0.851. The van der Waals surface area contributed by atoms with Gasteiger partial charge in [-0.3, -0.25) is 19.2 Å². The first-order valence-corrected chi connectivity index (χ1v) is 27.1. The second-order valence-corrected chi connectivity index (χ2v) is 22.1. The van der Waals surface area contributed by atoms with E-state index in [2.05, 4.69) is 30.7 Å². The summed E-state index contributed by atoms with van der Waals surface area (Å²) >= 11 is 1.59. The first kappa shape index (κ1) is 54.1. The summed E-state index contributed by atoms with van der Waals surface area (Å²) in [5.41, 5.74) is 12.0. The number of hydrogen-bond donors (Lipinski definition) is 5. The van der Waals surface area contributed by atoms with Crippen LogP contribution in [0.3, 0.4) is 0 Å². The van der Waals surface area contributed by atoms with Crippen molar-refractivity contribution in [2.45, 2.75) is 161 Å². The number of nitrogens with one attached hydrogen (secondary N) is 2. The predicted octanol–water partition coefficient (Wildman–Crippen LogP) is 8.11. The number of ether oxygens (including phenoxy) is 1. The topological polar surface area (TPSA) is 216 Å². The lowest BCUT2D eigenvalue weighted by molar-refractivity contribution is -0.154. The van der Waals surface area contributed by atoms with Crippen molar-refractivity contribution in [3.63, 3.8) is 0 Å². The number of β-amino-alcohol motifs (C(OH)–C–C–N with tert-alkyl or cyclic N) is 1. The number of amides is 4. The highest BCUT2D eigenvalue weighted by Crippen LogP contribution is 2.37. The molecule has 7 rings (SSSR count). The molecule has 5 heterocycles. The SMILES string of the molecule is Cc1ncsc1-c1ccc([C@H](C)NC(=O)[C@@H]2C[C@@H](O)CN2C(=O)[C@@H](NC(=O)CCCCCCCCCCCCC(=O)N2CCOC3(CCN(c4cc(-c5ccccc5O)nnc4N)CC3)C2)C(C)(C)C)cc1. The maximum atomic E-state index is 14.1. The van der Waals surface area contributed by atoms with E-state index in [0.717, 1.165) is 104 Å². The minimum Gasteiger partial charge on any atom is -0.507 e. The van der Waals surface area contributed by atoms with Crippen molar-refractivity contribution < 1.29 is 34.1 Å². The molecule has 390 valence electrons. The number of thiazole rings is 1. The molecule has 3 aliphatic rings. The number of carbonyl (C=O) groups excluding carboxylic acids is 4. The Morgan fingerprint density at radius 3 is 2.18 bits per heavy atom. The van der Waals surface area contributed by atoms with Crippen LogP contribution in [0.2, 0.25) is 0 Å². The van der Waals surface area contributed by atoms with Crippen molar-refractivity contribution in [3.8, 4) is 27.4 Å². The summed E-state index contributed by atoms with van der Waals surface area (Å²) in [6, 6.07) is 14.9. The average molecular weight is 1010 g/mol. The molecule has 3 fully saturated rings. The molecule has 0 unspecified atom stereocenters. The van der Waals surface area contributed by atoms with E-state index in [1.165, 1.54) is 4.90 Å². The van der Waals surface area contributed by atoms with Crippen molar-refractivity contribution in [2.24, 2.45) is 5.41 Å². The number of aromatic nitrogens is 3. The van der Waals surface area contributed by atoms with Gasteiger partial charge in [0.05, 0.1) is 51.8 Å². The number of hydrogen-bond acceptors (Lipinski definition) is 13. The zero-order chi connectivity index (χ0) is 51.4. The van der Waals surface area contributed by atoms with E-state index in [-0.39, 0.29) is 54.0 Å². The van der Waals surface area contributed by atoms with Crippen LogP contribution in [0.15, 0.2) is 60.1 Å². The summed E-state index contributed by atoms with van der Waals surface area (Å²) in [4.78, 5) is 65.4. The average Bonchev–Trinajstić information content (AvgIpc) is 3.98. The number of nitrogens with zero attached hydrogens (tertiary/aromatic N) is 6. The molecule has 6 N–H and O–H groups in total. The molecule has 3 saturated heterocycles. The van der Waals surface area contributed by atoms with E-state index in [1.54, 1.807) is 29.5 Å². The Labute approximate surface area is 429 Å². The molecule has 72 heavy (non-hydrogen) atoms. The lowest BCUT2D eigenvalue weighted by Gasteiger charge is -2.47. The number of aliphatic hydroxyl groups excluding tert-OH is 1. The number of unbranched alkanes of at least 4 members (excludes halogenated alkanes) is 9. The standard InChI is InChI=1S/C55H77N9O7S/c1-37(39-22-24-40(25-23-39)49-38(2)57-36-72-49)58-52(69)45-32-41(65)34-64(45)53(70)50(54(3,4)5)59-47(67)20-14-12-10-8-6-7-9-11-13-15-21-48(68)63-30-31-71-55(35-63)26-28-62(29-27-55)44-33-43(60-61-51(44)56)42-18-16-17-19-46(42)66/h16-19,22-25,33,36-37,41,45,50,65-66H,6-15,20-21,26-32,34-35H2,1-5H3,(H2,56,61)(H,58,69)(H,59,67)/t37-,41+,45-,50+/m0/s1. The molecule has 0 saturated carbocycles. The quantitative estimate of drug-likeness (QED) is 0.0501. The van der Waals surface area contributed by atoms with Gasteiger partial charge in [0.1, 0.15) is 17.8 Å². The Balaban J connectivity index is 0.741. The van der Waals surface area contributed by atoms with Crippen LogP contribution in [-0.4, -0.2) is 122 Å². The Morgan fingerprint density at radius 2 is 1.54 bits per heavy atom. The molecule has 1 spiro atoms.